The number of carbonyl (C=O) groups excluding carboxylic acids is 1. The maximum Gasteiger partial charge on any atom is 0.303 e. The average Bonchev–Trinajstić information content (AvgIpc) is 2.36. The molecule has 0 aliphatic heterocycles. The second kappa shape index (κ2) is 5.52. The van der Waals surface area contributed by atoms with Gasteiger partial charge in [0.25, 0.3) is 0 Å². The smallest absolute Gasteiger partial charge is 0.303 e. The van der Waals surface area contributed by atoms with Crippen LogP contribution in [0.15, 0.2) is 36.4 Å². The number of hydrogen-bond donors (Lipinski definition) is 2. The molecule has 98 valence electrons. The highest BCUT2D eigenvalue weighted by molar-refractivity contribution is 5.95. The molecule has 0 bridgehead atoms. The fourth-order valence-corrected chi connectivity index (χ4v) is 1.89. The Bertz CT molecular complexity index is 634. The minimum Gasteiger partial charge on any atom is -0.481 e. The Morgan fingerprint density at radius 1 is 1.05 bits per heavy atom. The van der Waals surface area contributed by atoms with Crippen molar-refractivity contribution in [3.63, 3.8) is 0 Å². The summed E-state index contributed by atoms with van der Waals surface area (Å²) in [6, 6.07) is 11.7. The third-order valence-corrected chi connectivity index (χ3v) is 2.85. The number of aliphatic carboxylic acids is 1. The van der Waals surface area contributed by atoms with Gasteiger partial charge in [0.2, 0.25) is 5.91 Å². The SMILES string of the molecule is Cc1ccc2cc(NC(=O)CCC(=O)O)ccc2c1. The number of amides is 1. The Hall–Kier alpha value is -2.36. The maximum absolute atomic E-state index is 11.5. The minimum atomic E-state index is -0.968. The van der Waals surface area contributed by atoms with Crippen LogP contribution in [0.1, 0.15) is 18.4 Å². The first kappa shape index (κ1) is 13.1. The zero-order chi connectivity index (χ0) is 13.8. The summed E-state index contributed by atoms with van der Waals surface area (Å²) in [7, 11) is 0. The van der Waals surface area contributed by atoms with Gasteiger partial charge in [0.15, 0.2) is 0 Å². The number of carbonyl (C=O) groups is 2. The van der Waals surface area contributed by atoms with E-state index in [2.05, 4.69) is 11.4 Å². The van der Waals surface area contributed by atoms with Gasteiger partial charge in [0, 0.05) is 12.1 Å². The highest BCUT2D eigenvalue weighted by atomic mass is 16.4. The van der Waals surface area contributed by atoms with Crippen molar-refractivity contribution in [2.45, 2.75) is 19.8 Å². The number of anilines is 1. The fraction of sp³-hybridized carbons (Fsp3) is 0.200. The number of carboxylic acid groups (broad SMARTS) is 1. The summed E-state index contributed by atoms with van der Waals surface area (Å²) in [5, 5.41) is 13.4. The molecular formula is C15H15NO3. The van der Waals surface area contributed by atoms with Gasteiger partial charge in [-0.05, 0) is 29.8 Å². The lowest BCUT2D eigenvalue weighted by Crippen LogP contribution is -2.13. The Morgan fingerprint density at radius 3 is 2.47 bits per heavy atom. The topological polar surface area (TPSA) is 66.4 Å². The maximum atomic E-state index is 11.5. The van der Waals surface area contributed by atoms with E-state index in [0.29, 0.717) is 5.69 Å². The molecule has 0 saturated carbocycles. The molecule has 0 fully saturated rings. The molecule has 19 heavy (non-hydrogen) atoms. The minimum absolute atomic E-state index is 0.0126. The summed E-state index contributed by atoms with van der Waals surface area (Å²) < 4.78 is 0. The standard InChI is InChI=1S/C15H15NO3/c1-10-2-3-12-9-13(5-4-11(12)8-10)16-14(17)6-7-15(18)19/h2-5,8-9H,6-7H2,1H3,(H,16,17)(H,18,19). The lowest BCUT2D eigenvalue weighted by molar-refractivity contribution is -0.138. The van der Waals surface area contributed by atoms with Crippen LogP contribution in [0.25, 0.3) is 10.8 Å². The molecule has 1 amide bonds. The van der Waals surface area contributed by atoms with Gasteiger partial charge in [0.05, 0.1) is 6.42 Å². The number of fused-ring (bicyclic) bond motifs is 1. The van der Waals surface area contributed by atoms with Gasteiger partial charge in [-0.15, -0.1) is 0 Å². The van der Waals surface area contributed by atoms with Crippen molar-refractivity contribution in [2.24, 2.45) is 0 Å². The quantitative estimate of drug-likeness (QED) is 0.884. The number of carboxylic acids is 1. The molecular weight excluding hydrogens is 242 g/mol. The van der Waals surface area contributed by atoms with Crippen molar-refractivity contribution >= 4 is 28.3 Å². The van der Waals surface area contributed by atoms with Gasteiger partial charge < -0.3 is 10.4 Å². The van der Waals surface area contributed by atoms with E-state index in [4.69, 9.17) is 5.11 Å². The van der Waals surface area contributed by atoms with Crippen LogP contribution in [0.5, 0.6) is 0 Å². The van der Waals surface area contributed by atoms with Crippen molar-refractivity contribution in [3.05, 3.63) is 42.0 Å². The number of hydrogen-bond acceptors (Lipinski definition) is 2. The summed E-state index contributed by atoms with van der Waals surface area (Å²) >= 11 is 0. The van der Waals surface area contributed by atoms with Crippen LogP contribution in [-0.4, -0.2) is 17.0 Å². The van der Waals surface area contributed by atoms with Gasteiger partial charge in [-0.2, -0.15) is 0 Å². The lowest BCUT2D eigenvalue weighted by Gasteiger charge is -2.06. The molecule has 0 atom stereocenters. The molecule has 0 radical (unpaired) electrons. The number of nitrogens with one attached hydrogen (secondary N) is 1. The molecule has 0 aliphatic carbocycles. The molecule has 0 aliphatic rings. The highest BCUT2D eigenvalue weighted by Crippen LogP contribution is 2.20. The van der Waals surface area contributed by atoms with Crippen LogP contribution < -0.4 is 5.32 Å². The average molecular weight is 257 g/mol. The third-order valence-electron chi connectivity index (χ3n) is 2.85. The van der Waals surface area contributed by atoms with Crippen LogP contribution >= 0.6 is 0 Å². The van der Waals surface area contributed by atoms with Crippen LogP contribution in [0.2, 0.25) is 0 Å². The molecule has 0 aromatic heterocycles. The molecule has 4 heteroatoms. The van der Waals surface area contributed by atoms with Crippen LogP contribution in [-0.2, 0) is 9.59 Å². The normalized spacial score (nSPS) is 10.4. The number of aryl methyl sites for hydroxylation is 1. The van der Waals surface area contributed by atoms with E-state index in [9.17, 15) is 9.59 Å². The Kier molecular flexibility index (Phi) is 3.80. The molecule has 2 aromatic rings. The summed E-state index contributed by atoms with van der Waals surface area (Å²) in [4.78, 5) is 21.9. The first-order valence-electron chi connectivity index (χ1n) is 6.07. The zero-order valence-corrected chi connectivity index (χ0v) is 10.6. The number of rotatable bonds is 4. The summed E-state index contributed by atoms with van der Waals surface area (Å²) in [6.07, 6.45) is -0.167. The monoisotopic (exact) mass is 257 g/mol. The van der Waals surface area contributed by atoms with Gasteiger partial charge in [-0.1, -0.05) is 29.8 Å². The molecule has 0 saturated heterocycles. The molecule has 2 N–H and O–H groups in total. The highest BCUT2D eigenvalue weighted by Gasteiger charge is 2.06. The molecule has 4 nitrogen and oxygen atoms in total. The van der Waals surface area contributed by atoms with Crippen LogP contribution in [0.3, 0.4) is 0 Å². The van der Waals surface area contributed by atoms with E-state index >= 15 is 0 Å². The molecule has 2 aromatic carbocycles. The Balaban J connectivity index is 2.11. The predicted molar refractivity (Wildman–Crippen MR) is 74.2 cm³/mol. The van der Waals surface area contributed by atoms with E-state index < -0.39 is 5.97 Å². The summed E-state index contributed by atoms with van der Waals surface area (Å²) in [5.41, 5.74) is 1.87. The first-order valence-corrected chi connectivity index (χ1v) is 6.07. The molecule has 0 heterocycles. The Morgan fingerprint density at radius 2 is 1.74 bits per heavy atom. The van der Waals surface area contributed by atoms with E-state index in [1.807, 2.05) is 37.3 Å². The van der Waals surface area contributed by atoms with Crippen LogP contribution in [0, 0.1) is 6.92 Å². The van der Waals surface area contributed by atoms with Crippen molar-refractivity contribution in [3.8, 4) is 0 Å². The Labute approximate surface area is 111 Å². The van der Waals surface area contributed by atoms with Gasteiger partial charge in [-0.3, -0.25) is 9.59 Å². The van der Waals surface area contributed by atoms with E-state index in [-0.39, 0.29) is 18.7 Å². The fourth-order valence-electron chi connectivity index (χ4n) is 1.89. The molecule has 0 unspecified atom stereocenters. The van der Waals surface area contributed by atoms with Gasteiger partial charge >= 0.3 is 5.97 Å². The van der Waals surface area contributed by atoms with E-state index in [1.165, 1.54) is 5.56 Å². The van der Waals surface area contributed by atoms with Crippen molar-refractivity contribution < 1.29 is 14.7 Å². The van der Waals surface area contributed by atoms with Gasteiger partial charge in [-0.25, -0.2) is 0 Å². The van der Waals surface area contributed by atoms with E-state index in [1.54, 1.807) is 0 Å². The second-order valence-corrected chi connectivity index (χ2v) is 4.51. The van der Waals surface area contributed by atoms with Crippen LogP contribution in [0.4, 0.5) is 5.69 Å². The lowest BCUT2D eigenvalue weighted by atomic mass is 10.1. The van der Waals surface area contributed by atoms with E-state index in [0.717, 1.165) is 10.8 Å². The third kappa shape index (κ3) is 3.55. The summed E-state index contributed by atoms with van der Waals surface area (Å²) in [5.74, 6) is -1.25. The zero-order valence-electron chi connectivity index (χ0n) is 10.6. The van der Waals surface area contributed by atoms with Crippen molar-refractivity contribution in [1.29, 1.82) is 0 Å². The summed E-state index contributed by atoms with van der Waals surface area (Å²) in [6.45, 7) is 2.03. The largest absolute Gasteiger partial charge is 0.481 e. The molecule has 0 spiro atoms. The second-order valence-electron chi connectivity index (χ2n) is 4.51. The molecule has 2 rings (SSSR count). The number of benzene rings is 2. The van der Waals surface area contributed by atoms with Crippen molar-refractivity contribution in [1.82, 2.24) is 0 Å². The first-order chi connectivity index (χ1) is 9.04. The predicted octanol–water partition coefficient (Wildman–Crippen LogP) is 2.95. The van der Waals surface area contributed by atoms with Crippen molar-refractivity contribution in [2.75, 3.05) is 5.32 Å². The van der Waals surface area contributed by atoms with Gasteiger partial charge in [0.1, 0.15) is 0 Å².